The van der Waals surface area contributed by atoms with Gasteiger partial charge in [-0.05, 0) is 30.4 Å². The molecule has 0 spiro atoms. The quantitative estimate of drug-likeness (QED) is 0.829. The van der Waals surface area contributed by atoms with Crippen LogP contribution in [0.3, 0.4) is 0 Å². The summed E-state index contributed by atoms with van der Waals surface area (Å²) in [4.78, 5) is 19.4. The number of benzene rings is 1. The SMILES string of the molecule is CCc1ncc(C(=O)NCCCN2CCc3ccccc3C2)s1. The highest BCUT2D eigenvalue weighted by atomic mass is 32.1. The fourth-order valence-corrected chi connectivity index (χ4v) is 3.69. The molecule has 3 rings (SSSR count). The van der Waals surface area contributed by atoms with E-state index in [0.717, 1.165) is 50.4 Å². The number of amides is 1. The third-order valence-electron chi connectivity index (χ3n) is 4.23. The Morgan fingerprint density at radius 2 is 2.17 bits per heavy atom. The van der Waals surface area contributed by atoms with Crippen LogP contribution < -0.4 is 5.32 Å². The second-order valence-electron chi connectivity index (χ2n) is 5.88. The van der Waals surface area contributed by atoms with Crippen molar-refractivity contribution in [1.29, 1.82) is 0 Å². The summed E-state index contributed by atoms with van der Waals surface area (Å²) in [7, 11) is 0. The predicted octanol–water partition coefficient (Wildman–Crippen LogP) is 2.88. The summed E-state index contributed by atoms with van der Waals surface area (Å²) < 4.78 is 0. The first-order valence-corrected chi connectivity index (χ1v) is 9.10. The number of carbonyl (C=O) groups excluding carboxylic acids is 1. The summed E-state index contributed by atoms with van der Waals surface area (Å²) in [6, 6.07) is 8.68. The maximum Gasteiger partial charge on any atom is 0.263 e. The fourth-order valence-electron chi connectivity index (χ4n) is 2.92. The molecule has 1 amide bonds. The maximum atomic E-state index is 12.0. The highest BCUT2D eigenvalue weighted by Crippen LogP contribution is 2.18. The van der Waals surface area contributed by atoms with Crippen LogP contribution in [0.1, 0.15) is 39.2 Å². The third-order valence-corrected chi connectivity index (χ3v) is 5.37. The van der Waals surface area contributed by atoms with Gasteiger partial charge in [-0.25, -0.2) is 4.98 Å². The minimum absolute atomic E-state index is 0.00573. The molecule has 0 fully saturated rings. The number of fused-ring (bicyclic) bond motifs is 1. The molecule has 1 aliphatic rings. The van der Waals surface area contributed by atoms with Gasteiger partial charge in [0.05, 0.1) is 11.2 Å². The predicted molar refractivity (Wildman–Crippen MR) is 93.9 cm³/mol. The Balaban J connectivity index is 1.39. The molecule has 0 aliphatic carbocycles. The van der Waals surface area contributed by atoms with Crippen LogP contribution in [0.25, 0.3) is 0 Å². The second kappa shape index (κ2) is 7.70. The molecule has 2 aromatic rings. The Bertz CT molecular complexity index is 668. The number of hydrogen-bond donors (Lipinski definition) is 1. The van der Waals surface area contributed by atoms with E-state index in [0.29, 0.717) is 4.88 Å². The summed E-state index contributed by atoms with van der Waals surface area (Å²) in [5.74, 6) is 0.00573. The molecule has 0 saturated heterocycles. The minimum atomic E-state index is 0.00573. The van der Waals surface area contributed by atoms with E-state index < -0.39 is 0 Å². The van der Waals surface area contributed by atoms with E-state index in [9.17, 15) is 4.79 Å². The van der Waals surface area contributed by atoms with Crippen molar-refractivity contribution < 1.29 is 4.79 Å². The Morgan fingerprint density at radius 1 is 1.35 bits per heavy atom. The lowest BCUT2D eigenvalue weighted by atomic mass is 10.00. The lowest BCUT2D eigenvalue weighted by Crippen LogP contribution is -2.33. The molecule has 2 heterocycles. The number of nitrogens with zero attached hydrogens (tertiary/aromatic N) is 2. The molecule has 1 aliphatic heterocycles. The first kappa shape index (κ1) is 16.1. The van der Waals surface area contributed by atoms with Crippen molar-refractivity contribution in [1.82, 2.24) is 15.2 Å². The highest BCUT2D eigenvalue weighted by molar-refractivity contribution is 7.13. The van der Waals surface area contributed by atoms with Crippen molar-refractivity contribution in [3.05, 3.63) is 51.5 Å². The number of rotatable bonds is 6. The van der Waals surface area contributed by atoms with E-state index >= 15 is 0 Å². The van der Waals surface area contributed by atoms with Gasteiger partial charge in [-0.1, -0.05) is 31.2 Å². The monoisotopic (exact) mass is 329 g/mol. The van der Waals surface area contributed by atoms with Gasteiger partial charge in [0.2, 0.25) is 0 Å². The number of nitrogens with one attached hydrogen (secondary N) is 1. The first-order chi connectivity index (χ1) is 11.3. The molecule has 23 heavy (non-hydrogen) atoms. The maximum absolute atomic E-state index is 12.0. The van der Waals surface area contributed by atoms with Gasteiger partial charge in [0.1, 0.15) is 4.88 Å². The number of aryl methyl sites for hydroxylation is 1. The summed E-state index contributed by atoms with van der Waals surface area (Å²) in [5, 5.41) is 4.02. The van der Waals surface area contributed by atoms with Crippen LogP contribution in [0.2, 0.25) is 0 Å². The lowest BCUT2D eigenvalue weighted by Gasteiger charge is -2.28. The average molecular weight is 329 g/mol. The zero-order chi connectivity index (χ0) is 16.1. The molecule has 0 saturated carbocycles. The summed E-state index contributed by atoms with van der Waals surface area (Å²) in [5.41, 5.74) is 2.92. The van der Waals surface area contributed by atoms with E-state index in [1.165, 1.54) is 22.5 Å². The van der Waals surface area contributed by atoms with E-state index in [1.54, 1.807) is 6.20 Å². The topological polar surface area (TPSA) is 45.2 Å². The van der Waals surface area contributed by atoms with Crippen LogP contribution in [0.15, 0.2) is 30.5 Å². The van der Waals surface area contributed by atoms with Gasteiger partial charge in [-0.3, -0.25) is 9.69 Å². The normalized spacial score (nSPS) is 14.5. The Labute approximate surface area is 141 Å². The van der Waals surface area contributed by atoms with Gasteiger partial charge in [0.15, 0.2) is 0 Å². The Hall–Kier alpha value is -1.72. The molecule has 0 atom stereocenters. The van der Waals surface area contributed by atoms with Crippen molar-refractivity contribution in [2.75, 3.05) is 19.6 Å². The van der Waals surface area contributed by atoms with E-state index in [-0.39, 0.29) is 5.91 Å². The number of thiazole rings is 1. The number of hydrogen-bond acceptors (Lipinski definition) is 4. The van der Waals surface area contributed by atoms with Gasteiger partial charge in [0, 0.05) is 26.2 Å². The zero-order valence-electron chi connectivity index (χ0n) is 13.5. The molecule has 1 aromatic carbocycles. The molecular formula is C18H23N3OS. The van der Waals surface area contributed by atoms with Crippen molar-refractivity contribution in [2.24, 2.45) is 0 Å². The molecule has 1 aromatic heterocycles. The Kier molecular flexibility index (Phi) is 5.41. The Morgan fingerprint density at radius 3 is 2.96 bits per heavy atom. The van der Waals surface area contributed by atoms with Gasteiger partial charge >= 0.3 is 0 Å². The van der Waals surface area contributed by atoms with Crippen molar-refractivity contribution in [3.8, 4) is 0 Å². The standard InChI is InChI=1S/C18H23N3OS/c1-2-17-20-12-16(23-17)18(22)19-9-5-10-21-11-8-14-6-3-4-7-15(14)13-21/h3-4,6-7,12H,2,5,8-11,13H2,1H3,(H,19,22). The summed E-state index contributed by atoms with van der Waals surface area (Å²) in [6.45, 7) is 5.93. The number of aromatic nitrogens is 1. The van der Waals surface area contributed by atoms with Crippen molar-refractivity contribution in [3.63, 3.8) is 0 Å². The molecule has 0 bridgehead atoms. The third kappa shape index (κ3) is 4.18. The first-order valence-electron chi connectivity index (χ1n) is 8.28. The van der Waals surface area contributed by atoms with Crippen LogP contribution in [0.5, 0.6) is 0 Å². The van der Waals surface area contributed by atoms with E-state index in [4.69, 9.17) is 0 Å². The average Bonchev–Trinajstić information content (AvgIpc) is 3.07. The summed E-state index contributed by atoms with van der Waals surface area (Å²) in [6.07, 6.45) is 4.67. The fraction of sp³-hybridized carbons (Fsp3) is 0.444. The van der Waals surface area contributed by atoms with Crippen LogP contribution in [0.4, 0.5) is 0 Å². The van der Waals surface area contributed by atoms with Crippen molar-refractivity contribution in [2.45, 2.75) is 32.7 Å². The molecule has 0 unspecified atom stereocenters. The lowest BCUT2D eigenvalue weighted by molar-refractivity contribution is 0.0955. The van der Waals surface area contributed by atoms with E-state index in [1.807, 2.05) is 0 Å². The highest BCUT2D eigenvalue weighted by Gasteiger charge is 2.15. The van der Waals surface area contributed by atoms with Gasteiger partial charge in [-0.2, -0.15) is 0 Å². The van der Waals surface area contributed by atoms with Gasteiger partial charge < -0.3 is 5.32 Å². The molecular weight excluding hydrogens is 306 g/mol. The smallest absolute Gasteiger partial charge is 0.263 e. The van der Waals surface area contributed by atoms with Crippen LogP contribution in [0, 0.1) is 0 Å². The number of carbonyl (C=O) groups is 1. The zero-order valence-corrected chi connectivity index (χ0v) is 14.4. The molecule has 122 valence electrons. The van der Waals surface area contributed by atoms with Crippen LogP contribution in [-0.4, -0.2) is 35.4 Å². The van der Waals surface area contributed by atoms with Gasteiger partial charge in [-0.15, -0.1) is 11.3 Å². The largest absolute Gasteiger partial charge is 0.351 e. The van der Waals surface area contributed by atoms with E-state index in [2.05, 4.69) is 46.4 Å². The van der Waals surface area contributed by atoms with Crippen LogP contribution >= 0.6 is 11.3 Å². The van der Waals surface area contributed by atoms with Crippen LogP contribution in [-0.2, 0) is 19.4 Å². The minimum Gasteiger partial charge on any atom is -0.351 e. The molecule has 5 heteroatoms. The summed E-state index contributed by atoms with van der Waals surface area (Å²) >= 11 is 1.49. The molecule has 0 radical (unpaired) electrons. The molecule has 1 N–H and O–H groups in total. The second-order valence-corrected chi connectivity index (χ2v) is 6.99. The molecule has 4 nitrogen and oxygen atoms in total. The van der Waals surface area contributed by atoms with Gasteiger partial charge in [0.25, 0.3) is 5.91 Å². The van der Waals surface area contributed by atoms with Crippen molar-refractivity contribution >= 4 is 17.2 Å².